The van der Waals surface area contributed by atoms with Crippen molar-refractivity contribution >= 4 is 44.0 Å². The summed E-state index contributed by atoms with van der Waals surface area (Å²) in [5.41, 5.74) is 3.26. The number of hydrogen-bond donors (Lipinski definition) is 1. The molecule has 1 atom stereocenters. The highest BCUT2D eigenvalue weighted by Crippen LogP contribution is 2.29. The van der Waals surface area contributed by atoms with Gasteiger partial charge < -0.3 is 5.32 Å². The summed E-state index contributed by atoms with van der Waals surface area (Å²) >= 11 is 6.12. The summed E-state index contributed by atoms with van der Waals surface area (Å²) < 4.78 is 28.4. The summed E-state index contributed by atoms with van der Waals surface area (Å²) in [6, 6.07) is 26.1. The lowest BCUT2D eigenvalue weighted by molar-refractivity contribution is -0.119. The molecule has 0 saturated heterocycles. The average molecular weight is 535 g/mol. The van der Waals surface area contributed by atoms with E-state index in [-0.39, 0.29) is 23.3 Å². The molecule has 0 radical (unpaired) electrons. The Morgan fingerprint density at radius 1 is 0.946 bits per heavy atom. The topological polar surface area (TPSA) is 66.5 Å². The molecule has 192 valence electrons. The first kappa shape index (κ1) is 26.7. The molecule has 4 aromatic carbocycles. The second-order valence-corrected chi connectivity index (χ2v) is 11.8. The van der Waals surface area contributed by atoms with Gasteiger partial charge in [0.1, 0.15) is 6.54 Å². The van der Waals surface area contributed by atoms with Crippen LogP contribution in [0.4, 0.5) is 5.69 Å². The fraction of sp³-hybridized carbons (Fsp3) is 0.233. The van der Waals surface area contributed by atoms with Gasteiger partial charge in [0.25, 0.3) is 10.0 Å². The van der Waals surface area contributed by atoms with Crippen molar-refractivity contribution in [3.63, 3.8) is 0 Å². The highest BCUT2D eigenvalue weighted by Gasteiger charge is 2.28. The molecule has 37 heavy (non-hydrogen) atoms. The number of nitrogens with zero attached hydrogens (tertiary/aromatic N) is 1. The number of rotatable bonds is 9. The Morgan fingerprint density at radius 3 is 2.38 bits per heavy atom. The van der Waals surface area contributed by atoms with Crippen LogP contribution in [0.5, 0.6) is 0 Å². The first-order valence-electron chi connectivity index (χ1n) is 12.2. The molecule has 1 unspecified atom stereocenters. The standard InChI is InChI=1S/C30H31ClN2O3S/c1-21-11-14-27(15-12-21)37(35,36)33(29-16-13-26(31)18-23(29)3)20-30(34)32-19-22(2)17-25-9-6-8-24-7-4-5-10-28(24)25/h4-16,18,22H,17,19-20H2,1-3H3,(H,32,34). The molecule has 0 aromatic heterocycles. The molecule has 1 amide bonds. The number of anilines is 1. The van der Waals surface area contributed by atoms with Gasteiger partial charge in [0, 0.05) is 11.6 Å². The van der Waals surface area contributed by atoms with Gasteiger partial charge in [-0.3, -0.25) is 9.10 Å². The van der Waals surface area contributed by atoms with Gasteiger partial charge in [0.15, 0.2) is 0 Å². The first-order valence-corrected chi connectivity index (χ1v) is 14.1. The lowest BCUT2D eigenvalue weighted by Gasteiger charge is -2.26. The van der Waals surface area contributed by atoms with Crippen LogP contribution in [-0.4, -0.2) is 27.4 Å². The predicted molar refractivity (Wildman–Crippen MR) is 152 cm³/mol. The van der Waals surface area contributed by atoms with Crippen LogP contribution in [0, 0.1) is 19.8 Å². The summed E-state index contributed by atoms with van der Waals surface area (Å²) in [6.45, 7) is 5.85. The smallest absolute Gasteiger partial charge is 0.264 e. The zero-order valence-electron chi connectivity index (χ0n) is 21.2. The van der Waals surface area contributed by atoms with Crippen molar-refractivity contribution in [1.29, 1.82) is 0 Å². The molecule has 7 heteroatoms. The van der Waals surface area contributed by atoms with Crippen LogP contribution >= 0.6 is 11.6 Å². The zero-order valence-corrected chi connectivity index (χ0v) is 22.8. The molecule has 0 heterocycles. The van der Waals surface area contributed by atoms with Crippen LogP contribution in [-0.2, 0) is 21.2 Å². The monoisotopic (exact) mass is 534 g/mol. The van der Waals surface area contributed by atoms with E-state index in [1.807, 2.05) is 25.1 Å². The van der Waals surface area contributed by atoms with E-state index in [1.165, 1.54) is 16.3 Å². The SMILES string of the molecule is Cc1ccc(S(=O)(=O)N(CC(=O)NCC(C)Cc2cccc3ccccc23)c2ccc(Cl)cc2C)cc1. The number of carbonyl (C=O) groups is 1. The Kier molecular flexibility index (Phi) is 8.20. The molecule has 0 aliphatic carbocycles. The van der Waals surface area contributed by atoms with E-state index in [0.29, 0.717) is 22.8 Å². The van der Waals surface area contributed by atoms with Gasteiger partial charge in [-0.05, 0) is 78.4 Å². The number of hydrogen-bond acceptors (Lipinski definition) is 3. The maximum atomic E-state index is 13.6. The largest absolute Gasteiger partial charge is 0.354 e. The van der Waals surface area contributed by atoms with E-state index >= 15 is 0 Å². The molecular weight excluding hydrogens is 504 g/mol. The van der Waals surface area contributed by atoms with Crippen LogP contribution in [0.2, 0.25) is 5.02 Å². The number of carbonyl (C=O) groups excluding carboxylic acids is 1. The van der Waals surface area contributed by atoms with E-state index in [9.17, 15) is 13.2 Å². The summed E-state index contributed by atoms with van der Waals surface area (Å²) in [7, 11) is -3.98. The van der Waals surface area contributed by atoms with Crippen molar-refractivity contribution in [2.75, 3.05) is 17.4 Å². The van der Waals surface area contributed by atoms with Crippen molar-refractivity contribution in [2.45, 2.75) is 32.1 Å². The van der Waals surface area contributed by atoms with Gasteiger partial charge in [-0.25, -0.2) is 8.42 Å². The van der Waals surface area contributed by atoms with Gasteiger partial charge in [-0.2, -0.15) is 0 Å². The maximum absolute atomic E-state index is 13.6. The van der Waals surface area contributed by atoms with Crippen molar-refractivity contribution in [1.82, 2.24) is 5.32 Å². The normalized spacial score (nSPS) is 12.3. The lowest BCUT2D eigenvalue weighted by atomic mass is 9.96. The molecule has 4 rings (SSSR count). The minimum Gasteiger partial charge on any atom is -0.354 e. The minimum atomic E-state index is -3.98. The van der Waals surface area contributed by atoms with Gasteiger partial charge in [0.05, 0.1) is 10.6 Å². The zero-order chi connectivity index (χ0) is 26.6. The van der Waals surface area contributed by atoms with Gasteiger partial charge >= 0.3 is 0 Å². The number of benzene rings is 4. The first-order chi connectivity index (χ1) is 17.6. The molecule has 4 aromatic rings. The third-order valence-corrected chi connectivity index (χ3v) is 8.43. The lowest BCUT2D eigenvalue weighted by Crippen LogP contribution is -2.42. The molecule has 0 fully saturated rings. The molecule has 1 N–H and O–H groups in total. The van der Waals surface area contributed by atoms with Crippen LogP contribution in [0.15, 0.2) is 89.8 Å². The summed E-state index contributed by atoms with van der Waals surface area (Å²) in [5, 5.41) is 5.84. The molecule has 0 bridgehead atoms. The number of halogens is 1. The van der Waals surface area contributed by atoms with Crippen LogP contribution < -0.4 is 9.62 Å². The van der Waals surface area contributed by atoms with Crippen molar-refractivity contribution in [2.24, 2.45) is 5.92 Å². The van der Waals surface area contributed by atoms with Gasteiger partial charge in [0.2, 0.25) is 5.91 Å². The quantitative estimate of drug-likeness (QED) is 0.274. The van der Waals surface area contributed by atoms with Gasteiger partial charge in [-0.15, -0.1) is 0 Å². The number of nitrogens with one attached hydrogen (secondary N) is 1. The molecule has 0 aliphatic rings. The maximum Gasteiger partial charge on any atom is 0.264 e. The van der Waals surface area contributed by atoms with E-state index in [0.717, 1.165) is 16.3 Å². The number of amides is 1. The van der Waals surface area contributed by atoms with E-state index in [4.69, 9.17) is 11.6 Å². The molecule has 0 spiro atoms. The van der Waals surface area contributed by atoms with E-state index in [2.05, 4.69) is 36.5 Å². The molecule has 5 nitrogen and oxygen atoms in total. The Hall–Kier alpha value is -3.35. The third-order valence-electron chi connectivity index (χ3n) is 6.42. The van der Waals surface area contributed by atoms with Gasteiger partial charge in [-0.1, -0.05) is 78.7 Å². The highest BCUT2D eigenvalue weighted by atomic mass is 35.5. The summed E-state index contributed by atoms with van der Waals surface area (Å²) in [6.07, 6.45) is 0.795. The highest BCUT2D eigenvalue weighted by molar-refractivity contribution is 7.92. The summed E-state index contributed by atoms with van der Waals surface area (Å²) in [4.78, 5) is 13.2. The van der Waals surface area contributed by atoms with E-state index < -0.39 is 10.0 Å². The molecule has 0 saturated carbocycles. The fourth-order valence-corrected chi connectivity index (χ4v) is 6.14. The molecular formula is C30H31ClN2O3S. The van der Waals surface area contributed by atoms with E-state index in [1.54, 1.807) is 49.4 Å². The van der Waals surface area contributed by atoms with Crippen molar-refractivity contribution < 1.29 is 13.2 Å². The second kappa shape index (κ2) is 11.4. The Morgan fingerprint density at radius 2 is 1.65 bits per heavy atom. The Balaban J connectivity index is 1.51. The Bertz CT molecular complexity index is 1510. The molecule has 0 aliphatic heterocycles. The summed E-state index contributed by atoms with van der Waals surface area (Å²) in [5.74, 6) is -0.205. The predicted octanol–water partition coefficient (Wildman–Crippen LogP) is 6.30. The number of fused-ring (bicyclic) bond motifs is 1. The fourth-order valence-electron chi connectivity index (χ4n) is 4.43. The van der Waals surface area contributed by atoms with Crippen LogP contribution in [0.1, 0.15) is 23.6 Å². The van der Waals surface area contributed by atoms with Crippen LogP contribution in [0.3, 0.4) is 0 Å². The second-order valence-electron chi connectivity index (χ2n) is 9.51. The van der Waals surface area contributed by atoms with Crippen molar-refractivity contribution in [3.05, 3.63) is 107 Å². The number of sulfonamides is 1. The number of aryl methyl sites for hydroxylation is 2. The van der Waals surface area contributed by atoms with Crippen molar-refractivity contribution in [3.8, 4) is 0 Å². The average Bonchev–Trinajstić information content (AvgIpc) is 2.87. The Labute approximate surface area is 224 Å². The third kappa shape index (κ3) is 6.32. The minimum absolute atomic E-state index is 0.129. The van der Waals surface area contributed by atoms with Crippen LogP contribution in [0.25, 0.3) is 10.8 Å².